The molecule has 27 heavy (non-hydrogen) atoms. The molecule has 1 aromatic carbocycles. The predicted molar refractivity (Wildman–Crippen MR) is 111 cm³/mol. The number of benzene rings is 1. The monoisotopic (exact) mass is 407 g/mol. The van der Waals surface area contributed by atoms with Gasteiger partial charge in [0.05, 0.1) is 15.6 Å². The summed E-state index contributed by atoms with van der Waals surface area (Å²) >= 11 is 12.9. The zero-order chi connectivity index (χ0) is 19.6. The van der Waals surface area contributed by atoms with Crippen molar-refractivity contribution in [3.05, 3.63) is 51.2 Å². The fourth-order valence-corrected chi connectivity index (χ4v) is 3.92. The number of fused-ring (bicyclic) bond motifs is 3. The Morgan fingerprint density at radius 1 is 1.44 bits per heavy atom. The summed E-state index contributed by atoms with van der Waals surface area (Å²) in [5.41, 5.74) is 4.90. The lowest BCUT2D eigenvalue weighted by atomic mass is 9.95. The van der Waals surface area contributed by atoms with Gasteiger partial charge in [-0.1, -0.05) is 41.4 Å². The molecule has 1 aliphatic rings. The largest absolute Gasteiger partial charge is 0.387 e. The Kier molecular flexibility index (Phi) is 6.27. The van der Waals surface area contributed by atoms with Crippen LogP contribution in [0.15, 0.2) is 24.3 Å². The van der Waals surface area contributed by atoms with Crippen molar-refractivity contribution in [2.45, 2.75) is 19.9 Å². The molecule has 1 amide bonds. The topological polar surface area (TPSA) is 68.4 Å². The van der Waals surface area contributed by atoms with Gasteiger partial charge in [-0.05, 0) is 31.2 Å². The molecule has 0 unspecified atom stereocenters. The van der Waals surface area contributed by atoms with E-state index in [0.717, 1.165) is 39.8 Å². The maximum atomic E-state index is 12.0. The molecule has 0 saturated heterocycles. The standard InChI is InChI=1S/C20H23Cl2N3O2/c1-3-12(5-4-7-23-2)13-9-15(21)19(22)20-18(13)14-10-25(17(27)11-26)8-6-16(14)24-20/h3-5,9,23-24,26H,6-8,10-11H2,1-2H3/b5-4-,12-3+. The maximum absolute atomic E-state index is 12.0. The number of amides is 1. The third-order valence-electron chi connectivity index (χ3n) is 4.87. The highest BCUT2D eigenvalue weighted by molar-refractivity contribution is 6.45. The van der Waals surface area contributed by atoms with E-state index in [9.17, 15) is 9.90 Å². The molecule has 0 radical (unpaired) electrons. The second kappa shape index (κ2) is 8.48. The van der Waals surface area contributed by atoms with Crippen molar-refractivity contribution in [2.75, 3.05) is 26.7 Å². The summed E-state index contributed by atoms with van der Waals surface area (Å²) in [6, 6.07) is 1.88. The number of hydrogen-bond acceptors (Lipinski definition) is 3. The Morgan fingerprint density at radius 3 is 2.89 bits per heavy atom. The summed E-state index contributed by atoms with van der Waals surface area (Å²) in [4.78, 5) is 17.1. The molecular formula is C20H23Cl2N3O2. The van der Waals surface area contributed by atoms with E-state index in [4.69, 9.17) is 23.2 Å². The van der Waals surface area contributed by atoms with Crippen LogP contribution in [0.5, 0.6) is 0 Å². The van der Waals surface area contributed by atoms with Crippen LogP contribution in [-0.4, -0.2) is 47.6 Å². The van der Waals surface area contributed by atoms with E-state index in [0.29, 0.717) is 29.6 Å². The van der Waals surface area contributed by atoms with Gasteiger partial charge in [-0.15, -0.1) is 0 Å². The molecule has 144 valence electrons. The lowest BCUT2D eigenvalue weighted by Gasteiger charge is -2.27. The molecule has 5 nitrogen and oxygen atoms in total. The lowest BCUT2D eigenvalue weighted by molar-refractivity contribution is -0.135. The van der Waals surface area contributed by atoms with Crippen LogP contribution in [0.3, 0.4) is 0 Å². The summed E-state index contributed by atoms with van der Waals surface area (Å²) < 4.78 is 0. The molecule has 0 atom stereocenters. The molecule has 0 fully saturated rings. The minimum atomic E-state index is -0.482. The molecule has 0 bridgehead atoms. The van der Waals surface area contributed by atoms with Crippen LogP contribution in [-0.2, 0) is 17.8 Å². The smallest absolute Gasteiger partial charge is 0.248 e. The van der Waals surface area contributed by atoms with Gasteiger partial charge >= 0.3 is 0 Å². The molecule has 2 heterocycles. The summed E-state index contributed by atoms with van der Waals surface area (Å²) in [6.45, 7) is 3.26. The van der Waals surface area contributed by atoms with E-state index < -0.39 is 6.61 Å². The van der Waals surface area contributed by atoms with Crippen LogP contribution >= 0.6 is 23.2 Å². The number of carbonyl (C=O) groups excluding carboxylic acids is 1. The average molecular weight is 408 g/mol. The number of allylic oxidation sites excluding steroid dienone is 3. The molecule has 3 N–H and O–H groups in total. The van der Waals surface area contributed by atoms with Crippen molar-refractivity contribution < 1.29 is 9.90 Å². The van der Waals surface area contributed by atoms with Gasteiger partial charge in [-0.2, -0.15) is 0 Å². The van der Waals surface area contributed by atoms with Gasteiger partial charge in [0, 0.05) is 42.7 Å². The highest BCUT2D eigenvalue weighted by Gasteiger charge is 2.26. The number of aliphatic hydroxyl groups is 1. The Morgan fingerprint density at radius 2 is 2.22 bits per heavy atom. The zero-order valence-electron chi connectivity index (χ0n) is 15.4. The molecule has 2 aromatic rings. The highest BCUT2D eigenvalue weighted by Crippen LogP contribution is 2.40. The zero-order valence-corrected chi connectivity index (χ0v) is 16.9. The Hall–Kier alpha value is -1.79. The number of aliphatic hydroxyl groups excluding tert-OH is 1. The molecule has 0 aliphatic carbocycles. The van der Waals surface area contributed by atoms with E-state index in [1.807, 2.05) is 38.3 Å². The van der Waals surface area contributed by atoms with Crippen molar-refractivity contribution in [3.8, 4) is 0 Å². The fraction of sp³-hybridized carbons (Fsp3) is 0.350. The lowest BCUT2D eigenvalue weighted by Crippen LogP contribution is -2.37. The SMILES string of the molecule is C/C=C(\C=C/CNC)c1cc(Cl)c(Cl)c2[nH]c3c(c12)CN(C(=O)CO)CC3. The van der Waals surface area contributed by atoms with Crippen molar-refractivity contribution in [3.63, 3.8) is 0 Å². The van der Waals surface area contributed by atoms with Gasteiger partial charge in [0.1, 0.15) is 6.61 Å². The van der Waals surface area contributed by atoms with Crippen molar-refractivity contribution in [1.29, 1.82) is 0 Å². The van der Waals surface area contributed by atoms with Gasteiger partial charge in [0.25, 0.3) is 0 Å². The summed E-state index contributed by atoms with van der Waals surface area (Å²) in [7, 11) is 1.90. The van der Waals surface area contributed by atoms with Gasteiger partial charge in [-0.3, -0.25) is 4.79 Å². The molecule has 0 saturated carbocycles. The van der Waals surface area contributed by atoms with E-state index in [1.54, 1.807) is 4.90 Å². The number of aromatic amines is 1. The normalized spacial score (nSPS) is 15.0. The number of aromatic nitrogens is 1. The van der Waals surface area contributed by atoms with Crippen LogP contribution in [0.4, 0.5) is 0 Å². The van der Waals surface area contributed by atoms with Gasteiger partial charge < -0.3 is 20.3 Å². The van der Waals surface area contributed by atoms with Crippen LogP contribution in [0.1, 0.15) is 23.7 Å². The fourth-order valence-electron chi connectivity index (χ4n) is 3.52. The van der Waals surface area contributed by atoms with Crippen molar-refractivity contribution in [1.82, 2.24) is 15.2 Å². The van der Waals surface area contributed by atoms with Crippen LogP contribution in [0, 0.1) is 0 Å². The van der Waals surface area contributed by atoms with E-state index in [1.165, 1.54) is 0 Å². The number of likely N-dealkylation sites (N-methyl/N-ethyl adjacent to an activating group) is 1. The first-order valence-corrected chi connectivity index (χ1v) is 9.65. The minimum Gasteiger partial charge on any atom is -0.387 e. The molecular weight excluding hydrogens is 385 g/mol. The molecule has 0 spiro atoms. The first kappa shape index (κ1) is 20.0. The van der Waals surface area contributed by atoms with Crippen LogP contribution in [0.2, 0.25) is 10.0 Å². The molecule has 1 aromatic heterocycles. The number of rotatable bonds is 5. The van der Waals surface area contributed by atoms with E-state index in [-0.39, 0.29) is 5.91 Å². The third-order valence-corrected chi connectivity index (χ3v) is 5.66. The number of halogens is 2. The number of carbonyl (C=O) groups is 1. The van der Waals surface area contributed by atoms with Crippen LogP contribution < -0.4 is 5.32 Å². The third kappa shape index (κ3) is 3.78. The predicted octanol–water partition coefficient (Wildman–Crippen LogP) is 3.53. The van der Waals surface area contributed by atoms with E-state index >= 15 is 0 Å². The number of nitrogens with zero attached hydrogens (tertiary/aromatic N) is 1. The van der Waals surface area contributed by atoms with Gasteiger partial charge in [0.15, 0.2) is 0 Å². The van der Waals surface area contributed by atoms with Crippen molar-refractivity contribution >= 4 is 45.6 Å². The Balaban J connectivity index is 2.19. The summed E-state index contributed by atoms with van der Waals surface area (Å²) in [5, 5.41) is 14.3. The van der Waals surface area contributed by atoms with Crippen LogP contribution in [0.25, 0.3) is 16.5 Å². The Bertz CT molecular complexity index is 931. The summed E-state index contributed by atoms with van der Waals surface area (Å²) in [5.74, 6) is -0.267. The second-order valence-electron chi connectivity index (χ2n) is 6.48. The minimum absolute atomic E-state index is 0.267. The maximum Gasteiger partial charge on any atom is 0.248 e. The quantitative estimate of drug-likeness (QED) is 0.663. The highest BCUT2D eigenvalue weighted by atomic mass is 35.5. The Labute approximate surface area is 168 Å². The summed E-state index contributed by atoms with van der Waals surface area (Å²) in [6.07, 6.45) is 6.81. The molecule has 3 rings (SSSR count). The van der Waals surface area contributed by atoms with Gasteiger partial charge in [0.2, 0.25) is 5.91 Å². The first-order valence-electron chi connectivity index (χ1n) is 8.89. The van der Waals surface area contributed by atoms with Crippen molar-refractivity contribution in [2.24, 2.45) is 0 Å². The number of hydrogen-bond donors (Lipinski definition) is 3. The average Bonchev–Trinajstić information content (AvgIpc) is 3.07. The first-order chi connectivity index (χ1) is 13.0. The second-order valence-corrected chi connectivity index (χ2v) is 7.26. The number of H-pyrrole nitrogens is 1. The van der Waals surface area contributed by atoms with Gasteiger partial charge in [-0.25, -0.2) is 0 Å². The number of nitrogens with one attached hydrogen (secondary N) is 2. The molecule has 7 heteroatoms. The van der Waals surface area contributed by atoms with E-state index in [2.05, 4.69) is 10.3 Å². The molecule has 1 aliphatic heterocycles.